The van der Waals surface area contributed by atoms with E-state index in [9.17, 15) is 0 Å². The molecule has 1 N–H and O–H groups in total. The fourth-order valence-corrected chi connectivity index (χ4v) is 2.24. The van der Waals surface area contributed by atoms with Gasteiger partial charge in [-0.3, -0.25) is 9.36 Å². The summed E-state index contributed by atoms with van der Waals surface area (Å²) in [5, 5.41) is 12.4. The molecule has 0 amide bonds. The van der Waals surface area contributed by atoms with Crippen molar-refractivity contribution in [2.45, 2.75) is 59.8 Å². The molecule has 110 valence electrons. The molecule has 0 spiro atoms. The first kappa shape index (κ1) is 14.8. The lowest BCUT2D eigenvalue weighted by Gasteiger charge is -2.09. The maximum Gasteiger partial charge on any atom is 0.0762 e. The Kier molecular flexibility index (Phi) is 4.60. The lowest BCUT2D eigenvalue weighted by atomic mass is 10.2. The van der Waals surface area contributed by atoms with Crippen molar-refractivity contribution in [2.24, 2.45) is 0 Å². The monoisotopic (exact) mass is 275 g/mol. The molecule has 0 fully saturated rings. The van der Waals surface area contributed by atoms with Gasteiger partial charge in [-0.15, -0.1) is 0 Å². The highest BCUT2D eigenvalue weighted by molar-refractivity contribution is 5.16. The summed E-state index contributed by atoms with van der Waals surface area (Å²) in [7, 11) is 0. The number of hydrogen-bond donors (Lipinski definition) is 1. The van der Waals surface area contributed by atoms with Crippen molar-refractivity contribution in [1.29, 1.82) is 0 Å². The van der Waals surface area contributed by atoms with E-state index in [1.165, 1.54) is 11.3 Å². The Balaban J connectivity index is 1.89. The van der Waals surface area contributed by atoms with Crippen LogP contribution in [0.3, 0.4) is 0 Å². The van der Waals surface area contributed by atoms with Gasteiger partial charge in [0.2, 0.25) is 0 Å². The minimum atomic E-state index is 0.408. The predicted molar refractivity (Wildman–Crippen MR) is 80.5 cm³/mol. The zero-order valence-electron chi connectivity index (χ0n) is 13.1. The minimum absolute atomic E-state index is 0.408. The van der Waals surface area contributed by atoms with E-state index in [1.54, 1.807) is 0 Å². The molecule has 2 heterocycles. The van der Waals surface area contributed by atoms with Gasteiger partial charge < -0.3 is 5.32 Å². The molecule has 0 aliphatic heterocycles. The number of nitrogens with one attached hydrogen (secondary N) is 1. The van der Waals surface area contributed by atoms with E-state index >= 15 is 0 Å². The van der Waals surface area contributed by atoms with Gasteiger partial charge in [0.1, 0.15) is 0 Å². The molecule has 0 aromatic carbocycles. The van der Waals surface area contributed by atoms with Crippen LogP contribution in [0.5, 0.6) is 0 Å². The summed E-state index contributed by atoms with van der Waals surface area (Å²) in [5.41, 5.74) is 3.56. The van der Waals surface area contributed by atoms with E-state index in [2.05, 4.69) is 60.9 Å². The van der Waals surface area contributed by atoms with Gasteiger partial charge in [-0.1, -0.05) is 0 Å². The molecule has 5 nitrogen and oxygen atoms in total. The molecule has 2 aromatic heterocycles. The summed E-state index contributed by atoms with van der Waals surface area (Å²) < 4.78 is 4.05. The summed E-state index contributed by atoms with van der Waals surface area (Å²) in [5.74, 6) is 0. The van der Waals surface area contributed by atoms with E-state index in [-0.39, 0.29) is 0 Å². The van der Waals surface area contributed by atoms with Crippen molar-refractivity contribution in [3.63, 3.8) is 0 Å². The van der Waals surface area contributed by atoms with E-state index < -0.39 is 0 Å². The molecule has 0 bridgehead atoms. The summed E-state index contributed by atoms with van der Waals surface area (Å²) in [4.78, 5) is 0. The third-order valence-electron chi connectivity index (χ3n) is 3.45. The highest BCUT2D eigenvalue weighted by Crippen LogP contribution is 2.12. The quantitative estimate of drug-likeness (QED) is 0.882. The molecule has 0 aliphatic carbocycles. The largest absolute Gasteiger partial charge is 0.307 e. The molecule has 0 aliphatic rings. The van der Waals surface area contributed by atoms with E-state index in [4.69, 9.17) is 0 Å². The van der Waals surface area contributed by atoms with E-state index in [0.717, 1.165) is 18.8 Å². The van der Waals surface area contributed by atoms with Crippen molar-refractivity contribution in [1.82, 2.24) is 24.9 Å². The zero-order valence-corrected chi connectivity index (χ0v) is 13.1. The molecule has 20 heavy (non-hydrogen) atoms. The Morgan fingerprint density at radius 3 is 2.45 bits per heavy atom. The molecule has 0 saturated carbocycles. The van der Waals surface area contributed by atoms with Crippen LogP contribution in [0.2, 0.25) is 0 Å². The molecule has 0 radical (unpaired) electrons. The number of nitrogens with zero attached hydrogens (tertiary/aromatic N) is 4. The summed E-state index contributed by atoms with van der Waals surface area (Å²) in [6.45, 7) is 12.3. The van der Waals surface area contributed by atoms with Crippen LogP contribution in [0, 0.1) is 6.92 Å². The van der Waals surface area contributed by atoms with Crippen LogP contribution in [0.1, 0.15) is 56.7 Å². The molecule has 0 unspecified atom stereocenters. The molecule has 0 atom stereocenters. The van der Waals surface area contributed by atoms with Gasteiger partial charge in [-0.25, -0.2) is 0 Å². The van der Waals surface area contributed by atoms with Crippen molar-refractivity contribution >= 4 is 0 Å². The Hall–Kier alpha value is -1.62. The maximum atomic E-state index is 4.53. The Morgan fingerprint density at radius 2 is 1.90 bits per heavy atom. The van der Waals surface area contributed by atoms with Crippen molar-refractivity contribution in [3.8, 4) is 0 Å². The van der Waals surface area contributed by atoms with Crippen molar-refractivity contribution in [3.05, 3.63) is 35.4 Å². The number of hydrogen-bond acceptors (Lipinski definition) is 3. The highest BCUT2D eigenvalue weighted by Gasteiger charge is 2.08. The second-order valence-corrected chi connectivity index (χ2v) is 5.78. The van der Waals surface area contributed by atoms with Crippen LogP contribution in [0.25, 0.3) is 0 Å². The van der Waals surface area contributed by atoms with Crippen LogP contribution in [-0.4, -0.2) is 19.6 Å². The molecular formula is C15H25N5. The fraction of sp³-hybridized carbons (Fsp3) is 0.600. The second kappa shape index (κ2) is 6.22. The molecule has 0 saturated heterocycles. The normalized spacial score (nSPS) is 11.8. The molecular weight excluding hydrogens is 250 g/mol. The predicted octanol–water partition coefficient (Wildman–Crippen LogP) is 2.84. The molecule has 5 heteroatoms. The summed E-state index contributed by atoms with van der Waals surface area (Å²) in [6.07, 6.45) is 3.98. The third kappa shape index (κ3) is 3.28. The minimum Gasteiger partial charge on any atom is -0.307 e. The standard InChI is InChI=1S/C15H25N5/c1-11(2)19-7-6-15(18-19)10-16-8-14-9-17-20(12(3)4)13(14)5/h6-7,9,11-12,16H,8,10H2,1-5H3. The van der Waals surface area contributed by atoms with Gasteiger partial charge in [0.05, 0.1) is 11.9 Å². The Morgan fingerprint density at radius 1 is 1.15 bits per heavy atom. The Bertz CT molecular complexity index is 550. The highest BCUT2D eigenvalue weighted by atomic mass is 15.3. The van der Waals surface area contributed by atoms with Crippen LogP contribution >= 0.6 is 0 Å². The maximum absolute atomic E-state index is 4.53. The lowest BCUT2D eigenvalue weighted by Crippen LogP contribution is -2.14. The first-order chi connectivity index (χ1) is 9.49. The summed E-state index contributed by atoms with van der Waals surface area (Å²) in [6, 6.07) is 2.89. The number of rotatable bonds is 6. The van der Waals surface area contributed by atoms with Crippen LogP contribution in [0.15, 0.2) is 18.5 Å². The van der Waals surface area contributed by atoms with Gasteiger partial charge in [0.25, 0.3) is 0 Å². The van der Waals surface area contributed by atoms with E-state index in [0.29, 0.717) is 12.1 Å². The van der Waals surface area contributed by atoms with Gasteiger partial charge in [-0.05, 0) is 40.7 Å². The molecule has 2 rings (SSSR count). The Labute approximate surface area is 121 Å². The first-order valence-corrected chi connectivity index (χ1v) is 7.26. The van der Waals surface area contributed by atoms with Gasteiger partial charge in [0.15, 0.2) is 0 Å². The SMILES string of the molecule is Cc1c(CNCc2ccn(C(C)C)n2)cnn1C(C)C. The van der Waals surface area contributed by atoms with Crippen LogP contribution in [-0.2, 0) is 13.1 Å². The van der Waals surface area contributed by atoms with Gasteiger partial charge in [-0.2, -0.15) is 10.2 Å². The van der Waals surface area contributed by atoms with E-state index in [1.807, 2.05) is 17.1 Å². The molecule has 2 aromatic rings. The fourth-order valence-electron chi connectivity index (χ4n) is 2.24. The van der Waals surface area contributed by atoms with Gasteiger partial charge in [0, 0.05) is 42.6 Å². The topological polar surface area (TPSA) is 47.7 Å². The second-order valence-electron chi connectivity index (χ2n) is 5.78. The smallest absolute Gasteiger partial charge is 0.0762 e. The third-order valence-corrected chi connectivity index (χ3v) is 3.45. The summed E-state index contributed by atoms with van der Waals surface area (Å²) >= 11 is 0. The van der Waals surface area contributed by atoms with Crippen LogP contribution < -0.4 is 5.32 Å². The lowest BCUT2D eigenvalue weighted by molar-refractivity contribution is 0.516. The van der Waals surface area contributed by atoms with Crippen LogP contribution in [0.4, 0.5) is 0 Å². The zero-order chi connectivity index (χ0) is 14.7. The average Bonchev–Trinajstić information content (AvgIpc) is 2.97. The van der Waals surface area contributed by atoms with Crippen molar-refractivity contribution < 1.29 is 0 Å². The van der Waals surface area contributed by atoms with Gasteiger partial charge >= 0.3 is 0 Å². The number of aromatic nitrogens is 4. The first-order valence-electron chi connectivity index (χ1n) is 7.26. The van der Waals surface area contributed by atoms with Crippen molar-refractivity contribution in [2.75, 3.05) is 0 Å². The average molecular weight is 275 g/mol.